The SMILES string of the molecule is COc1ccc([C@@H]2C[C@H](C(F)(F)F)n3ncc(C(=O)NC(C)C)c3N2)cc1OC. The van der Waals surface area contributed by atoms with E-state index in [0.29, 0.717) is 17.1 Å². The van der Waals surface area contributed by atoms with Crippen LogP contribution < -0.4 is 20.1 Å². The maximum Gasteiger partial charge on any atom is 0.410 e. The quantitative estimate of drug-likeness (QED) is 0.783. The number of aromatic nitrogens is 2. The van der Waals surface area contributed by atoms with Crippen molar-refractivity contribution < 1.29 is 27.4 Å². The monoisotopic (exact) mass is 412 g/mol. The highest BCUT2D eigenvalue weighted by Crippen LogP contribution is 2.45. The Hall–Kier alpha value is -2.91. The van der Waals surface area contributed by atoms with Gasteiger partial charge in [-0.05, 0) is 31.5 Å². The van der Waals surface area contributed by atoms with E-state index in [-0.39, 0.29) is 23.8 Å². The van der Waals surface area contributed by atoms with Crippen LogP contribution >= 0.6 is 0 Å². The molecule has 2 aromatic rings. The number of fused-ring (bicyclic) bond motifs is 1. The minimum Gasteiger partial charge on any atom is -0.493 e. The van der Waals surface area contributed by atoms with Crippen LogP contribution in [0.1, 0.15) is 48.3 Å². The highest BCUT2D eigenvalue weighted by Gasteiger charge is 2.47. The van der Waals surface area contributed by atoms with Gasteiger partial charge in [0.05, 0.1) is 26.5 Å². The fraction of sp³-hybridized carbons (Fsp3) is 0.474. The number of benzene rings is 1. The number of ether oxygens (including phenoxy) is 2. The number of hydrogen-bond acceptors (Lipinski definition) is 5. The molecule has 10 heteroatoms. The van der Waals surface area contributed by atoms with Crippen LogP contribution in [-0.2, 0) is 0 Å². The standard InChI is InChI=1S/C19H23F3N4O3/c1-10(2)24-18(27)12-9-23-26-16(19(20,21)22)8-13(25-17(12)26)11-5-6-14(28-3)15(7-11)29-4/h5-7,9-10,13,16,25H,8H2,1-4H3,(H,24,27)/t13-,16+/m0/s1. The number of carbonyl (C=O) groups is 1. The van der Waals surface area contributed by atoms with E-state index in [4.69, 9.17) is 9.47 Å². The van der Waals surface area contributed by atoms with E-state index in [1.807, 2.05) is 0 Å². The summed E-state index contributed by atoms with van der Waals surface area (Å²) in [6.45, 7) is 3.54. The summed E-state index contributed by atoms with van der Waals surface area (Å²) in [5, 5.41) is 9.59. The molecule has 3 rings (SSSR count). The maximum absolute atomic E-state index is 13.8. The molecule has 2 atom stereocenters. The third-order valence-electron chi connectivity index (χ3n) is 4.71. The first-order valence-electron chi connectivity index (χ1n) is 9.09. The molecule has 0 bridgehead atoms. The van der Waals surface area contributed by atoms with Crippen LogP contribution in [0.15, 0.2) is 24.4 Å². The van der Waals surface area contributed by atoms with Crippen LogP contribution in [-0.4, -0.2) is 42.1 Å². The van der Waals surface area contributed by atoms with E-state index in [2.05, 4.69) is 15.7 Å². The largest absolute Gasteiger partial charge is 0.493 e. The van der Waals surface area contributed by atoms with Gasteiger partial charge in [0.15, 0.2) is 17.5 Å². The first-order valence-corrected chi connectivity index (χ1v) is 9.09. The van der Waals surface area contributed by atoms with Crippen LogP contribution in [0, 0.1) is 0 Å². The van der Waals surface area contributed by atoms with Gasteiger partial charge in [0.2, 0.25) is 0 Å². The number of nitrogens with one attached hydrogen (secondary N) is 2. The third-order valence-corrected chi connectivity index (χ3v) is 4.71. The molecule has 0 saturated heterocycles. The fourth-order valence-corrected chi connectivity index (χ4v) is 3.36. The van der Waals surface area contributed by atoms with Gasteiger partial charge in [-0.15, -0.1) is 0 Å². The summed E-state index contributed by atoms with van der Waals surface area (Å²) >= 11 is 0. The first kappa shape index (κ1) is 20.8. The molecule has 0 unspecified atom stereocenters. The molecule has 0 aliphatic carbocycles. The molecule has 1 aliphatic rings. The average Bonchev–Trinajstić information content (AvgIpc) is 3.09. The van der Waals surface area contributed by atoms with Gasteiger partial charge in [-0.3, -0.25) is 4.79 Å². The molecule has 1 aromatic carbocycles. The molecule has 0 fully saturated rings. The Morgan fingerprint density at radius 3 is 2.55 bits per heavy atom. The summed E-state index contributed by atoms with van der Waals surface area (Å²) in [6, 6.07) is 2.21. The molecule has 2 heterocycles. The van der Waals surface area contributed by atoms with Crippen molar-refractivity contribution >= 4 is 11.7 Å². The second-order valence-electron chi connectivity index (χ2n) is 7.08. The molecule has 29 heavy (non-hydrogen) atoms. The van der Waals surface area contributed by atoms with E-state index in [9.17, 15) is 18.0 Å². The number of carbonyl (C=O) groups excluding carboxylic acids is 1. The van der Waals surface area contributed by atoms with E-state index < -0.39 is 24.2 Å². The van der Waals surface area contributed by atoms with Crippen molar-refractivity contribution in [2.24, 2.45) is 0 Å². The normalized spacial score (nSPS) is 18.8. The predicted octanol–water partition coefficient (Wildman–Crippen LogP) is 3.70. The summed E-state index contributed by atoms with van der Waals surface area (Å²) in [5.74, 6) is 0.438. The third kappa shape index (κ3) is 4.10. The Morgan fingerprint density at radius 2 is 1.97 bits per heavy atom. The molecule has 0 spiro atoms. The number of methoxy groups -OCH3 is 2. The molecular weight excluding hydrogens is 389 g/mol. The van der Waals surface area contributed by atoms with Crippen LogP contribution in [0.2, 0.25) is 0 Å². The lowest BCUT2D eigenvalue weighted by Gasteiger charge is -2.34. The second kappa shape index (κ2) is 7.84. The van der Waals surface area contributed by atoms with Crippen molar-refractivity contribution in [3.63, 3.8) is 0 Å². The van der Waals surface area contributed by atoms with Crippen LogP contribution in [0.5, 0.6) is 11.5 Å². The van der Waals surface area contributed by atoms with E-state index >= 15 is 0 Å². The highest BCUT2D eigenvalue weighted by atomic mass is 19.4. The van der Waals surface area contributed by atoms with Gasteiger partial charge in [-0.25, -0.2) is 4.68 Å². The van der Waals surface area contributed by atoms with E-state index in [1.54, 1.807) is 32.0 Å². The van der Waals surface area contributed by atoms with Crippen molar-refractivity contribution in [3.05, 3.63) is 35.5 Å². The van der Waals surface area contributed by atoms with Crippen molar-refractivity contribution in [2.45, 2.75) is 44.6 Å². The van der Waals surface area contributed by atoms with Gasteiger partial charge < -0.3 is 20.1 Å². The predicted molar refractivity (Wildman–Crippen MR) is 100 cm³/mol. The molecule has 0 radical (unpaired) electrons. The lowest BCUT2D eigenvalue weighted by atomic mass is 9.96. The number of nitrogens with zero attached hydrogens (tertiary/aromatic N) is 2. The molecule has 158 valence electrons. The fourth-order valence-electron chi connectivity index (χ4n) is 3.36. The summed E-state index contributed by atoms with van der Waals surface area (Å²) < 4.78 is 52.6. The zero-order valence-corrected chi connectivity index (χ0v) is 16.5. The van der Waals surface area contributed by atoms with Gasteiger partial charge in [0, 0.05) is 12.5 Å². The Morgan fingerprint density at radius 1 is 1.28 bits per heavy atom. The van der Waals surface area contributed by atoms with Gasteiger partial charge in [0.1, 0.15) is 11.4 Å². The highest BCUT2D eigenvalue weighted by molar-refractivity contribution is 5.99. The molecule has 1 aliphatic heterocycles. The maximum atomic E-state index is 13.8. The van der Waals surface area contributed by atoms with E-state index in [0.717, 1.165) is 10.9 Å². The first-order chi connectivity index (χ1) is 13.7. The lowest BCUT2D eigenvalue weighted by Crippen LogP contribution is -2.37. The Kier molecular flexibility index (Phi) is 5.63. The minimum absolute atomic E-state index is 0.0384. The van der Waals surface area contributed by atoms with Crippen molar-refractivity contribution in [2.75, 3.05) is 19.5 Å². The number of alkyl halides is 3. The van der Waals surface area contributed by atoms with Crippen molar-refractivity contribution in [1.82, 2.24) is 15.1 Å². The van der Waals surface area contributed by atoms with Gasteiger partial charge >= 0.3 is 6.18 Å². The summed E-state index contributed by atoms with van der Waals surface area (Å²) in [4.78, 5) is 12.4. The topological polar surface area (TPSA) is 77.4 Å². The van der Waals surface area contributed by atoms with Gasteiger partial charge in [0.25, 0.3) is 5.91 Å². The number of hydrogen-bond donors (Lipinski definition) is 2. The average molecular weight is 412 g/mol. The number of halogens is 3. The summed E-state index contributed by atoms with van der Waals surface area (Å²) in [7, 11) is 2.94. The van der Waals surface area contributed by atoms with Gasteiger partial charge in [-0.2, -0.15) is 18.3 Å². The minimum atomic E-state index is -4.52. The van der Waals surface area contributed by atoms with Crippen LogP contribution in [0.4, 0.5) is 19.0 Å². The molecule has 1 aromatic heterocycles. The van der Waals surface area contributed by atoms with E-state index in [1.165, 1.54) is 14.2 Å². The zero-order chi connectivity index (χ0) is 21.3. The number of rotatable bonds is 5. The Balaban J connectivity index is 2.03. The molecule has 1 amide bonds. The van der Waals surface area contributed by atoms with Crippen molar-refractivity contribution in [1.29, 1.82) is 0 Å². The summed E-state index contributed by atoms with van der Waals surface area (Å²) in [6.07, 6.45) is -3.64. The molecule has 2 N–H and O–H groups in total. The number of anilines is 1. The molecule has 0 saturated carbocycles. The van der Waals surface area contributed by atoms with Crippen LogP contribution in [0.3, 0.4) is 0 Å². The molecule has 7 nitrogen and oxygen atoms in total. The molecular formula is C19H23F3N4O3. The zero-order valence-electron chi connectivity index (χ0n) is 16.5. The summed E-state index contributed by atoms with van der Waals surface area (Å²) in [5.41, 5.74) is 0.651. The smallest absolute Gasteiger partial charge is 0.410 e. The Labute approximate surface area is 166 Å². The van der Waals surface area contributed by atoms with Crippen LogP contribution in [0.25, 0.3) is 0 Å². The lowest BCUT2D eigenvalue weighted by molar-refractivity contribution is -0.173. The number of amides is 1. The second-order valence-corrected chi connectivity index (χ2v) is 7.08. The van der Waals surface area contributed by atoms with Gasteiger partial charge in [-0.1, -0.05) is 6.07 Å². The Bertz CT molecular complexity index is 895. The van der Waals surface area contributed by atoms with Crippen molar-refractivity contribution in [3.8, 4) is 11.5 Å².